The Morgan fingerprint density at radius 2 is 2.04 bits per heavy atom. The van der Waals surface area contributed by atoms with Crippen LogP contribution in [-0.4, -0.2) is 14.7 Å². The highest BCUT2D eigenvalue weighted by atomic mass is 16.3. The van der Waals surface area contributed by atoms with Crippen molar-refractivity contribution in [3.05, 3.63) is 77.2 Å². The zero-order valence-corrected chi connectivity index (χ0v) is 13.6. The molecule has 0 radical (unpaired) electrons. The van der Waals surface area contributed by atoms with Gasteiger partial charge in [-0.25, -0.2) is 4.98 Å². The zero-order valence-electron chi connectivity index (χ0n) is 13.6. The summed E-state index contributed by atoms with van der Waals surface area (Å²) in [6.45, 7) is 0. The van der Waals surface area contributed by atoms with Crippen LogP contribution in [0.25, 0.3) is 11.3 Å². The summed E-state index contributed by atoms with van der Waals surface area (Å²) in [5.74, 6) is 0.0945. The smallest absolute Gasteiger partial charge is 0.0991 e. The molecule has 0 saturated carbocycles. The highest BCUT2D eigenvalue weighted by Crippen LogP contribution is 2.49. The quantitative estimate of drug-likeness (QED) is 0.742. The fourth-order valence-corrected chi connectivity index (χ4v) is 4.53. The molecular weight excluding hydrogens is 310 g/mol. The Labute approximate surface area is 146 Å². The molecule has 25 heavy (non-hydrogen) atoms. The number of nitriles is 1. The number of aliphatic hydroxyl groups excluding tert-OH is 1. The van der Waals surface area contributed by atoms with E-state index in [-0.39, 0.29) is 12.0 Å². The molecule has 1 aromatic heterocycles. The summed E-state index contributed by atoms with van der Waals surface area (Å²) in [5.41, 5.74) is 6.32. The fraction of sp³-hybridized carbons (Fsp3) is 0.238. The number of nitrogens with zero attached hydrogens (tertiary/aromatic N) is 3. The molecule has 3 atom stereocenters. The van der Waals surface area contributed by atoms with Crippen LogP contribution in [0.15, 0.2) is 55.0 Å². The number of rotatable bonds is 1. The summed E-state index contributed by atoms with van der Waals surface area (Å²) in [7, 11) is 0. The highest BCUT2D eigenvalue weighted by molar-refractivity contribution is 5.69. The van der Waals surface area contributed by atoms with E-state index in [1.807, 2.05) is 24.7 Å². The maximum atomic E-state index is 11.1. The average molecular weight is 327 g/mol. The van der Waals surface area contributed by atoms with E-state index in [2.05, 4.69) is 39.9 Å². The average Bonchev–Trinajstić information content (AvgIpc) is 3.23. The van der Waals surface area contributed by atoms with Crippen LogP contribution in [0.5, 0.6) is 0 Å². The third-order valence-electron chi connectivity index (χ3n) is 5.67. The second-order valence-corrected chi connectivity index (χ2v) is 6.89. The first-order valence-electron chi connectivity index (χ1n) is 8.60. The minimum absolute atomic E-state index is 0.0945. The summed E-state index contributed by atoms with van der Waals surface area (Å²) in [6.07, 6.45) is 5.01. The molecule has 3 aromatic rings. The Balaban J connectivity index is 1.60. The van der Waals surface area contributed by atoms with E-state index in [0.29, 0.717) is 5.56 Å². The van der Waals surface area contributed by atoms with Crippen LogP contribution in [0, 0.1) is 17.2 Å². The number of benzene rings is 2. The van der Waals surface area contributed by atoms with Crippen LogP contribution in [0.3, 0.4) is 0 Å². The highest BCUT2D eigenvalue weighted by Gasteiger charge is 2.40. The van der Waals surface area contributed by atoms with E-state index >= 15 is 0 Å². The van der Waals surface area contributed by atoms with E-state index in [0.717, 1.165) is 29.7 Å². The van der Waals surface area contributed by atoms with Gasteiger partial charge in [0.05, 0.1) is 42.0 Å². The second kappa shape index (κ2) is 5.30. The van der Waals surface area contributed by atoms with E-state index in [1.165, 1.54) is 11.1 Å². The fourth-order valence-electron chi connectivity index (χ4n) is 4.53. The van der Waals surface area contributed by atoms with Gasteiger partial charge in [0.1, 0.15) is 0 Å². The van der Waals surface area contributed by atoms with Crippen molar-refractivity contribution in [3.63, 3.8) is 0 Å². The molecule has 4 heteroatoms. The van der Waals surface area contributed by atoms with Gasteiger partial charge in [-0.2, -0.15) is 5.26 Å². The van der Waals surface area contributed by atoms with Crippen LogP contribution in [0.2, 0.25) is 0 Å². The summed E-state index contributed by atoms with van der Waals surface area (Å²) < 4.78 is 2.20. The lowest BCUT2D eigenvalue weighted by molar-refractivity contribution is 0.0720. The number of aryl methyl sites for hydroxylation is 1. The van der Waals surface area contributed by atoms with Gasteiger partial charge >= 0.3 is 0 Å². The van der Waals surface area contributed by atoms with Crippen LogP contribution in [-0.2, 0) is 6.42 Å². The lowest BCUT2D eigenvalue weighted by Gasteiger charge is -2.35. The summed E-state index contributed by atoms with van der Waals surface area (Å²) in [4.78, 5) is 4.33. The SMILES string of the molecule is N#Cc1ccc2c(c1)CC[C@@H]([C@@H]1c3ccccc3-c3cncn31)[C@@H]2O. The Morgan fingerprint density at radius 3 is 2.92 bits per heavy atom. The van der Waals surface area contributed by atoms with E-state index < -0.39 is 6.10 Å². The maximum absolute atomic E-state index is 11.1. The molecular formula is C21H17N3O. The van der Waals surface area contributed by atoms with Crippen molar-refractivity contribution in [2.75, 3.05) is 0 Å². The first-order chi connectivity index (χ1) is 12.3. The normalized spacial score (nSPS) is 23.4. The van der Waals surface area contributed by atoms with Gasteiger partial charge < -0.3 is 9.67 Å². The molecule has 4 nitrogen and oxygen atoms in total. The van der Waals surface area contributed by atoms with Crippen LogP contribution in [0.1, 0.15) is 40.8 Å². The standard InChI is InChI=1S/C21H17N3O/c22-10-13-5-7-15-14(9-13)6-8-18(21(15)25)20-17-4-2-1-3-16(17)19-11-23-12-24(19)20/h1-5,7,9,11-12,18,20-21,25H,6,8H2/t18-,20-,21+/m0/s1. The van der Waals surface area contributed by atoms with E-state index in [1.54, 1.807) is 6.07 Å². The predicted octanol–water partition coefficient (Wildman–Crippen LogP) is 3.62. The van der Waals surface area contributed by atoms with Crippen molar-refractivity contribution >= 4 is 0 Å². The molecule has 0 unspecified atom stereocenters. The van der Waals surface area contributed by atoms with Gasteiger partial charge in [0, 0.05) is 11.5 Å². The molecule has 2 aromatic carbocycles. The topological polar surface area (TPSA) is 61.8 Å². The van der Waals surface area contributed by atoms with Gasteiger partial charge in [-0.3, -0.25) is 0 Å². The number of aliphatic hydroxyl groups is 1. The molecule has 1 aliphatic heterocycles. The molecule has 2 heterocycles. The molecule has 0 fully saturated rings. The Hall–Kier alpha value is -2.90. The van der Waals surface area contributed by atoms with E-state index in [9.17, 15) is 5.11 Å². The van der Waals surface area contributed by atoms with Crippen molar-refractivity contribution < 1.29 is 5.11 Å². The molecule has 1 aliphatic carbocycles. The van der Waals surface area contributed by atoms with Crippen molar-refractivity contribution in [2.24, 2.45) is 5.92 Å². The van der Waals surface area contributed by atoms with Gasteiger partial charge in [-0.1, -0.05) is 30.3 Å². The Bertz CT molecular complexity index is 1010. The van der Waals surface area contributed by atoms with Gasteiger partial charge in [0.2, 0.25) is 0 Å². The first-order valence-corrected chi connectivity index (χ1v) is 8.60. The molecule has 0 amide bonds. The third-order valence-corrected chi connectivity index (χ3v) is 5.67. The van der Waals surface area contributed by atoms with Crippen LogP contribution >= 0.6 is 0 Å². The largest absolute Gasteiger partial charge is 0.388 e. The second-order valence-electron chi connectivity index (χ2n) is 6.89. The van der Waals surface area contributed by atoms with Crippen LogP contribution < -0.4 is 0 Å². The van der Waals surface area contributed by atoms with Crippen molar-refractivity contribution in [2.45, 2.75) is 25.0 Å². The predicted molar refractivity (Wildman–Crippen MR) is 93.7 cm³/mol. The monoisotopic (exact) mass is 327 g/mol. The minimum Gasteiger partial charge on any atom is -0.388 e. The number of hydrogen-bond donors (Lipinski definition) is 1. The summed E-state index contributed by atoms with van der Waals surface area (Å²) in [6, 6.07) is 16.3. The zero-order chi connectivity index (χ0) is 17.0. The number of aromatic nitrogens is 2. The maximum Gasteiger partial charge on any atom is 0.0991 e. The molecule has 122 valence electrons. The lowest BCUT2D eigenvalue weighted by Crippen LogP contribution is -2.28. The van der Waals surface area contributed by atoms with Gasteiger partial charge in [0.25, 0.3) is 0 Å². The first kappa shape index (κ1) is 14.4. The Morgan fingerprint density at radius 1 is 1.16 bits per heavy atom. The molecule has 5 rings (SSSR count). The van der Waals surface area contributed by atoms with E-state index in [4.69, 9.17) is 5.26 Å². The number of imidazole rings is 1. The van der Waals surface area contributed by atoms with Gasteiger partial charge in [0.15, 0.2) is 0 Å². The molecule has 0 bridgehead atoms. The molecule has 0 spiro atoms. The van der Waals surface area contributed by atoms with Crippen molar-refractivity contribution in [1.82, 2.24) is 9.55 Å². The van der Waals surface area contributed by atoms with Crippen molar-refractivity contribution in [3.8, 4) is 17.3 Å². The minimum atomic E-state index is -0.539. The van der Waals surface area contributed by atoms with Gasteiger partial charge in [-0.15, -0.1) is 0 Å². The molecule has 0 saturated heterocycles. The summed E-state index contributed by atoms with van der Waals surface area (Å²) >= 11 is 0. The number of hydrogen-bond acceptors (Lipinski definition) is 3. The van der Waals surface area contributed by atoms with Crippen molar-refractivity contribution in [1.29, 1.82) is 5.26 Å². The van der Waals surface area contributed by atoms with Crippen LogP contribution in [0.4, 0.5) is 0 Å². The third kappa shape index (κ3) is 2.00. The molecule has 2 aliphatic rings. The lowest BCUT2D eigenvalue weighted by atomic mass is 9.75. The number of fused-ring (bicyclic) bond motifs is 4. The van der Waals surface area contributed by atoms with Gasteiger partial charge in [-0.05, 0) is 41.7 Å². The summed E-state index contributed by atoms with van der Waals surface area (Å²) in [5, 5.41) is 20.2. The molecule has 1 N–H and O–H groups in total. The Kier molecular flexibility index (Phi) is 3.06.